The molecule has 1 aliphatic heterocycles. The second-order valence-corrected chi connectivity index (χ2v) is 5.16. The van der Waals surface area contributed by atoms with E-state index < -0.39 is 0 Å². The third kappa shape index (κ3) is 4.02. The molecule has 1 heterocycles. The van der Waals surface area contributed by atoms with Gasteiger partial charge in [-0.15, -0.1) is 0 Å². The summed E-state index contributed by atoms with van der Waals surface area (Å²) in [5.41, 5.74) is 1.26. The lowest BCUT2D eigenvalue weighted by molar-refractivity contribution is 0.0873. The van der Waals surface area contributed by atoms with Crippen LogP contribution in [0.2, 0.25) is 0 Å². The van der Waals surface area contributed by atoms with Crippen LogP contribution in [0, 0.1) is 23.1 Å². The molecule has 1 unspecified atom stereocenters. The quantitative estimate of drug-likeness (QED) is 0.836. The zero-order chi connectivity index (χ0) is 13.7. The smallest absolute Gasteiger partial charge is 0.124 e. The number of benzene rings is 1. The van der Waals surface area contributed by atoms with Crippen LogP contribution in [0.5, 0.6) is 0 Å². The zero-order valence-electron chi connectivity index (χ0n) is 11.2. The number of rotatable bonds is 4. The molecule has 19 heavy (non-hydrogen) atoms. The predicted molar refractivity (Wildman–Crippen MR) is 71.0 cm³/mol. The van der Waals surface area contributed by atoms with Gasteiger partial charge in [0.05, 0.1) is 18.2 Å². The highest BCUT2D eigenvalue weighted by Crippen LogP contribution is 2.19. The van der Waals surface area contributed by atoms with E-state index in [4.69, 9.17) is 10.00 Å². The molecule has 1 fully saturated rings. The van der Waals surface area contributed by atoms with Gasteiger partial charge in [0.1, 0.15) is 5.82 Å². The molecule has 0 aromatic heterocycles. The molecule has 1 atom stereocenters. The van der Waals surface area contributed by atoms with Crippen molar-refractivity contribution in [3.8, 4) is 6.07 Å². The second kappa shape index (κ2) is 6.65. The summed E-state index contributed by atoms with van der Waals surface area (Å²) < 4.78 is 18.6. The van der Waals surface area contributed by atoms with Crippen LogP contribution >= 0.6 is 0 Å². The fraction of sp³-hybridized carbons (Fsp3) is 0.533. The van der Waals surface area contributed by atoms with E-state index in [0.29, 0.717) is 18.0 Å². The summed E-state index contributed by atoms with van der Waals surface area (Å²) in [5.74, 6) is 0.224. The number of hydrogen-bond donors (Lipinski definition) is 0. The number of halogens is 1. The molecule has 1 aliphatic rings. The van der Waals surface area contributed by atoms with Crippen LogP contribution in [-0.2, 0) is 11.3 Å². The van der Waals surface area contributed by atoms with Gasteiger partial charge in [0.15, 0.2) is 0 Å². The van der Waals surface area contributed by atoms with Crippen LogP contribution in [0.4, 0.5) is 4.39 Å². The van der Waals surface area contributed by atoms with Crippen LogP contribution in [-0.4, -0.2) is 31.7 Å². The average molecular weight is 262 g/mol. The van der Waals surface area contributed by atoms with Crippen molar-refractivity contribution in [3.05, 3.63) is 35.1 Å². The van der Waals surface area contributed by atoms with E-state index in [9.17, 15) is 4.39 Å². The van der Waals surface area contributed by atoms with Gasteiger partial charge in [-0.1, -0.05) is 0 Å². The van der Waals surface area contributed by atoms with Gasteiger partial charge in [-0.25, -0.2) is 4.39 Å². The summed E-state index contributed by atoms with van der Waals surface area (Å²) in [6.45, 7) is 3.49. The molecule has 2 rings (SSSR count). The van der Waals surface area contributed by atoms with E-state index in [-0.39, 0.29) is 5.82 Å². The molecule has 0 saturated carbocycles. The molecule has 0 N–H and O–H groups in total. The lowest BCUT2D eigenvalue weighted by Crippen LogP contribution is -2.36. The fourth-order valence-electron chi connectivity index (χ4n) is 2.73. The number of nitriles is 1. The van der Waals surface area contributed by atoms with E-state index in [1.54, 1.807) is 13.2 Å². The molecule has 0 aliphatic carbocycles. The molecule has 0 radical (unpaired) electrons. The molecular formula is C15H19FN2O. The summed E-state index contributed by atoms with van der Waals surface area (Å²) >= 11 is 0. The Hall–Kier alpha value is -1.44. The van der Waals surface area contributed by atoms with Crippen LogP contribution in [0.3, 0.4) is 0 Å². The third-order valence-electron chi connectivity index (χ3n) is 3.50. The van der Waals surface area contributed by atoms with Crippen molar-refractivity contribution in [2.75, 3.05) is 26.8 Å². The van der Waals surface area contributed by atoms with Crippen LogP contribution < -0.4 is 0 Å². The molecule has 1 aromatic rings. The Balaban J connectivity index is 2.00. The highest BCUT2D eigenvalue weighted by atomic mass is 19.1. The van der Waals surface area contributed by atoms with Crippen LogP contribution in [0.25, 0.3) is 0 Å². The van der Waals surface area contributed by atoms with E-state index in [1.165, 1.54) is 18.6 Å². The zero-order valence-corrected chi connectivity index (χ0v) is 11.2. The second-order valence-electron chi connectivity index (χ2n) is 5.16. The van der Waals surface area contributed by atoms with Crippen molar-refractivity contribution in [1.29, 1.82) is 5.26 Å². The molecule has 102 valence electrons. The topological polar surface area (TPSA) is 36.3 Å². The van der Waals surface area contributed by atoms with Gasteiger partial charge in [0.2, 0.25) is 0 Å². The fourth-order valence-corrected chi connectivity index (χ4v) is 2.73. The van der Waals surface area contributed by atoms with Crippen molar-refractivity contribution in [2.45, 2.75) is 19.4 Å². The standard InChI is InChI=1S/C15H19FN2O/c1-19-11-12-3-2-4-18(9-12)10-14-5-13(8-17)6-15(16)7-14/h5-7,12H,2-4,9-11H2,1H3. The molecule has 4 heteroatoms. The maximum Gasteiger partial charge on any atom is 0.124 e. The van der Waals surface area contributed by atoms with Gasteiger partial charge in [-0.05, 0) is 49.1 Å². The lowest BCUT2D eigenvalue weighted by atomic mass is 9.98. The molecule has 0 spiro atoms. The Morgan fingerprint density at radius 2 is 2.32 bits per heavy atom. The minimum absolute atomic E-state index is 0.334. The Kier molecular flexibility index (Phi) is 4.89. The van der Waals surface area contributed by atoms with Crippen LogP contribution in [0.15, 0.2) is 18.2 Å². The van der Waals surface area contributed by atoms with Gasteiger partial charge in [0, 0.05) is 20.2 Å². The minimum Gasteiger partial charge on any atom is -0.384 e. The summed E-state index contributed by atoms with van der Waals surface area (Å²) in [6.07, 6.45) is 2.34. The Morgan fingerprint density at radius 3 is 3.05 bits per heavy atom. The molecule has 3 nitrogen and oxygen atoms in total. The summed E-state index contributed by atoms with van der Waals surface area (Å²) in [6, 6.07) is 6.55. The number of nitrogens with zero attached hydrogens (tertiary/aromatic N) is 2. The van der Waals surface area contributed by atoms with Gasteiger partial charge in [-0.3, -0.25) is 4.90 Å². The summed E-state index contributed by atoms with van der Waals surface area (Å²) in [5, 5.41) is 8.86. The van der Waals surface area contributed by atoms with Crippen molar-refractivity contribution >= 4 is 0 Å². The van der Waals surface area contributed by atoms with E-state index in [1.807, 2.05) is 6.07 Å². The number of piperidine rings is 1. The van der Waals surface area contributed by atoms with Crippen molar-refractivity contribution in [2.24, 2.45) is 5.92 Å². The summed E-state index contributed by atoms with van der Waals surface area (Å²) in [7, 11) is 1.73. The first-order valence-corrected chi connectivity index (χ1v) is 6.62. The molecule has 0 bridgehead atoms. The lowest BCUT2D eigenvalue weighted by Gasteiger charge is -2.32. The number of ether oxygens (including phenoxy) is 1. The first-order valence-electron chi connectivity index (χ1n) is 6.62. The number of hydrogen-bond acceptors (Lipinski definition) is 3. The predicted octanol–water partition coefficient (Wildman–Crippen LogP) is 2.56. The largest absolute Gasteiger partial charge is 0.384 e. The SMILES string of the molecule is COCC1CCCN(Cc2cc(F)cc(C#N)c2)C1. The normalized spacial score (nSPS) is 20.2. The Bertz CT molecular complexity index is 468. The molecule has 1 aromatic carbocycles. The van der Waals surface area contributed by atoms with E-state index in [2.05, 4.69) is 4.90 Å². The number of methoxy groups -OCH3 is 1. The number of likely N-dealkylation sites (tertiary alicyclic amines) is 1. The molecule has 0 amide bonds. The van der Waals surface area contributed by atoms with Gasteiger partial charge < -0.3 is 4.74 Å². The monoisotopic (exact) mass is 262 g/mol. The Morgan fingerprint density at radius 1 is 1.47 bits per heavy atom. The van der Waals surface area contributed by atoms with Gasteiger partial charge in [-0.2, -0.15) is 5.26 Å². The first kappa shape index (κ1) is 14.0. The molecule has 1 saturated heterocycles. The Labute approximate surface area is 113 Å². The molecular weight excluding hydrogens is 243 g/mol. The summed E-state index contributed by atoms with van der Waals surface area (Å²) in [4.78, 5) is 2.31. The maximum atomic E-state index is 13.4. The highest BCUT2D eigenvalue weighted by Gasteiger charge is 2.20. The highest BCUT2D eigenvalue weighted by molar-refractivity contribution is 5.33. The van der Waals surface area contributed by atoms with Crippen molar-refractivity contribution in [3.63, 3.8) is 0 Å². The van der Waals surface area contributed by atoms with Crippen LogP contribution in [0.1, 0.15) is 24.0 Å². The van der Waals surface area contributed by atoms with Crippen molar-refractivity contribution < 1.29 is 9.13 Å². The van der Waals surface area contributed by atoms with E-state index in [0.717, 1.165) is 31.7 Å². The first-order chi connectivity index (χ1) is 9.21. The van der Waals surface area contributed by atoms with Gasteiger partial charge in [0.25, 0.3) is 0 Å². The average Bonchev–Trinajstić information content (AvgIpc) is 2.39. The van der Waals surface area contributed by atoms with Crippen molar-refractivity contribution in [1.82, 2.24) is 4.90 Å². The van der Waals surface area contributed by atoms with E-state index >= 15 is 0 Å². The maximum absolute atomic E-state index is 13.4. The minimum atomic E-state index is -0.334. The third-order valence-corrected chi connectivity index (χ3v) is 3.50. The van der Waals surface area contributed by atoms with Gasteiger partial charge >= 0.3 is 0 Å².